The first-order valence-electron chi connectivity index (χ1n) is 6.29. The van der Waals surface area contributed by atoms with Crippen LogP contribution in [-0.4, -0.2) is 25.6 Å². The summed E-state index contributed by atoms with van der Waals surface area (Å²) < 4.78 is 1.88. The number of urea groups is 1. The fourth-order valence-electron chi connectivity index (χ4n) is 1.79. The number of benzene rings is 1. The van der Waals surface area contributed by atoms with Gasteiger partial charge in [0.05, 0.1) is 5.69 Å². The Bertz CT molecular complexity index is 543. The fourth-order valence-corrected chi connectivity index (χ4v) is 3.06. The lowest BCUT2D eigenvalue weighted by molar-refractivity contribution is 0.251. The minimum Gasteiger partial charge on any atom is -0.369 e. The van der Waals surface area contributed by atoms with Gasteiger partial charge in [-0.05, 0) is 52.9 Å². The van der Waals surface area contributed by atoms with Crippen LogP contribution in [0.1, 0.15) is 12.8 Å². The highest BCUT2D eigenvalue weighted by Gasteiger charge is 2.27. The molecule has 0 unspecified atom stereocenters. The maximum Gasteiger partial charge on any atom is 0.343 e. The largest absolute Gasteiger partial charge is 0.369 e. The van der Waals surface area contributed by atoms with Gasteiger partial charge in [0, 0.05) is 22.5 Å². The molecule has 0 saturated heterocycles. The van der Waals surface area contributed by atoms with Crippen molar-refractivity contribution in [3.8, 4) is 0 Å². The third-order valence-electron chi connectivity index (χ3n) is 3.04. The van der Waals surface area contributed by atoms with E-state index < -0.39 is 6.03 Å². The summed E-state index contributed by atoms with van der Waals surface area (Å²) in [5.41, 5.74) is 6.90. The predicted molar refractivity (Wildman–Crippen MR) is 88.0 cm³/mol. The van der Waals surface area contributed by atoms with Gasteiger partial charge in [-0.1, -0.05) is 15.9 Å². The van der Waals surface area contributed by atoms with Gasteiger partial charge in [-0.2, -0.15) is 4.99 Å². The van der Waals surface area contributed by atoms with Crippen LogP contribution in [0.25, 0.3) is 0 Å². The Labute approximate surface area is 134 Å². The zero-order valence-electron chi connectivity index (χ0n) is 11.1. The summed E-state index contributed by atoms with van der Waals surface area (Å²) in [5.74, 6) is 0.822. The summed E-state index contributed by atoms with van der Waals surface area (Å²) in [6, 6.07) is 5.38. The van der Waals surface area contributed by atoms with E-state index in [4.69, 9.17) is 5.73 Å². The van der Waals surface area contributed by atoms with E-state index in [9.17, 15) is 4.79 Å². The highest BCUT2D eigenvalue weighted by Crippen LogP contribution is 2.34. The molecular weight excluding hydrogens is 388 g/mol. The highest BCUT2D eigenvalue weighted by molar-refractivity contribution is 9.11. The number of nitrogens with zero attached hydrogens (tertiary/aromatic N) is 2. The summed E-state index contributed by atoms with van der Waals surface area (Å²) in [6.45, 7) is 0.770. The van der Waals surface area contributed by atoms with Gasteiger partial charge in [-0.3, -0.25) is 0 Å². The second-order valence-electron chi connectivity index (χ2n) is 4.67. The third kappa shape index (κ3) is 3.96. The van der Waals surface area contributed by atoms with E-state index >= 15 is 0 Å². The predicted octanol–water partition coefficient (Wildman–Crippen LogP) is 3.08. The molecule has 108 valence electrons. The Morgan fingerprint density at radius 1 is 1.50 bits per heavy atom. The summed E-state index contributed by atoms with van der Waals surface area (Å²) in [6.07, 6.45) is 2.38. The van der Waals surface area contributed by atoms with E-state index in [2.05, 4.69) is 42.2 Å². The van der Waals surface area contributed by atoms with Gasteiger partial charge >= 0.3 is 6.03 Å². The number of nitrogens with two attached hydrogens (primary N) is 1. The molecule has 1 aromatic rings. The van der Waals surface area contributed by atoms with Crippen LogP contribution in [0.3, 0.4) is 0 Å². The molecular formula is C13H16Br2N4O. The average molecular weight is 404 g/mol. The highest BCUT2D eigenvalue weighted by atomic mass is 79.9. The van der Waals surface area contributed by atoms with Gasteiger partial charge in [-0.15, -0.1) is 0 Å². The molecule has 1 aliphatic rings. The molecule has 1 saturated carbocycles. The second-order valence-corrected chi connectivity index (χ2v) is 6.44. The Balaban J connectivity index is 2.30. The van der Waals surface area contributed by atoms with Crippen molar-refractivity contribution in [1.29, 1.82) is 0 Å². The number of aliphatic imine (C=N–C) groups is 1. The number of carbonyl (C=O) groups excluding carboxylic acids is 1. The first kappa shape index (κ1) is 15.3. The molecule has 2 rings (SSSR count). The van der Waals surface area contributed by atoms with Crippen molar-refractivity contribution in [1.82, 2.24) is 5.32 Å². The van der Waals surface area contributed by atoms with E-state index in [1.165, 1.54) is 19.9 Å². The average Bonchev–Trinajstić information content (AvgIpc) is 3.20. The van der Waals surface area contributed by atoms with Crippen molar-refractivity contribution in [2.45, 2.75) is 12.8 Å². The first-order chi connectivity index (χ1) is 9.51. The summed E-state index contributed by atoms with van der Waals surface area (Å²) in [7, 11) is 1.53. The number of rotatable bonds is 3. The lowest BCUT2D eigenvalue weighted by atomic mass is 10.2. The number of hydrogen-bond donors (Lipinski definition) is 2. The van der Waals surface area contributed by atoms with Crippen molar-refractivity contribution in [3.05, 3.63) is 27.1 Å². The first-order valence-corrected chi connectivity index (χ1v) is 7.88. The monoisotopic (exact) mass is 402 g/mol. The quantitative estimate of drug-likeness (QED) is 0.601. The van der Waals surface area contributed by atoms with Crippen LogP contribution in [0.2, 0.25) is 0 Å². The summed E-state index contributed by atoms with van der Waals surface area (Å²) >= 11 is 6.95. The molecule has 7 heteroatoms. The standard InChI is InChI=1S/C13H16Br2N4O/c1-17-13(20)18-12(16)19(7-8-2-3-8)11-5-4-9(14)6-10(11)15/h4-6,8H,2-3,7H2,1H3,(H3,16,17,18,20). The van der Waals surface area contributed by atoms with Crippen LogP contribution in [0.15, 0.2) is 32.1 Å². The number of carbonyl (C=O) groups is 1. The van der Waals surface area contributed by atoms with Crippen LogP contribution < -0.4 is 16.0 Å². The summed E-state index contributed by atoms with van der Waals surface area (Å²) in [5, 5.41) is 2.44. The van der Waals surface area contributed by atoms with Crippen molar-refractivity contribution in [3.63, 3.8) is 0 Å². The molecule has 1 aliphatic carbocycles. The molecule has 1 aromatic carbocycles. The normalized spacial score (nSPS) is 15.1. The van der Waals surface area contributed by atoms with Gasteiger partial charge in [-0.25, -0.2) is 4.79 Å². The Kier molecular flexibility index (Phi) is 5.04. The maximum atomic E-state index is 11.4. The van der Waals surface area contributed by atoms with Gasteiger partial charge in [0.15, 0.2) is 0 Å². The molecule has 0 bridgehead atoms. The smallest absolute Gasteiger partial charge is 0.343 e. The number of anilines is 1. The number of nitrogens with one attached hydrogen (secondary N) is 1. The van der Waals surface area contributed by atoms with Crippen molar-refractivity contribution >= 4 is 49.5 Å². The Morgan fingerprint density at radius 3 is 2.75 bits per heavy atom. The molecule has 3 N–H and O–H groups in total. The minimum absolute atomic E-state index is 0.208. The SMILES string of the molecule is CNC(=O)N=C(N)N(CC1CC1)c1ccc(Br)cc1Br. The van der Waals surface area contributed by atoms with Crippen LogP contribution in [0.5, 0.6) is 0 Å². The molecule has 0 aliphatic heterocycles. The van der Waals surface area contributed by atoms with E-state index in [1.807, 2.05) is 23.1 Å². The lowest BCUT2D eigenvalue weighted by Crippen LogP contribution is -2.40. The molecule has 5 nitrogen and oxygen atoms in total. The summed E-state index contributed by atoms with van der Waals surface area (Å²) in [4.78, 5) is 17.1. The van der Waals surface area contributed by atoms with Crippen molar-refractivity contribution in [2.24, 2.45) is 16.6 Å². The third-order valence-corrected chi connectivity index (χ3v) is 4.17. The Morgan fingerprint density at radius 2 is 2.20 bits per heavy atom. The number of halogens is 2. The maximum absolute atomic E-state index is 11.4. The number of amides is 2. The Hall–Kier alpha value is -1.08. The molecule has 0 aromatic heterocycles. The molecule has 1 fully saturated rings. The molecule has 0 spiro atoms. The molecule has 20 heavy (non-hydrogen) atoms. The molecule has 0 atom stereocenters. The topological polar surface area (TPSA) is 70.7 Å². The van der Waals surface area contributed by atoms with Crippen molar-refractivity contribution in [2.75, 3.05) is 18.5 Å². The number of guanidine groups is 1. The zero-order chi connectivity index (χ0) is 14.7. The zero-order valence-corrected chi connectivity index (χ0v) is 14.2. The van der Waals surface area contributed by atoms with Gasteiger partial charge in [0.2, 0.25) is 5.96 Å². The second kappa shape index (κ2) is 6.58. The fraction of sp³-hybridized carbons (Fsp3) is 0.385. The van der Waals surface area contributed by atoms with Crippen LogP contribution in [-0.2, 0) is 0 Å². The molecule has 2 amide bonds. The number of hydrogen-bond acceptors (Lipinski definition) is 1. The van der Waals surface area contributed by atoms with E-state index in [0.29, 0.717) is 5.92 Å². The van der Waals surface area contributed by atoms with Crippen LogP contribution in [0.4, 0.5) is 10.5 Å². The molecule has 0 heterocycles. The molecule has 0 radical (unpaired) electrons. The lowest BCUT2D eigenvalue weighted by Gasteiger charge is -2.24. The van der Waals surface area contributed by atoms with E-state index in [1.54, 1.807) is 0 Å². The van der Waals surface area contributed by atoms with E-state index in [-0.39, 0.29) is 5.96 Å². The van der Waals surface area contributed by atoms with Gasteiger partial charge in [0.25, 0.3) is 0 Å². The van der Waals surface area contributed by atoms with Crippen LogP contribution in [0, 0.1) is 5.92 Å². The van der Waals surface area contributed by atoms with Gasteiger partial charge < -0.3 is 16.0 Å². The van der Waals surface area contributed by atoms with E-state index in [0.717, 1.165) is 21.2 Å². The minimum atomic E-state index is -0.448. The van der Waals surface area contributed by atoms with Crippen LogP contribution >= 0.6 is 31.9 Å². The van der Waals surface area contributed by atoms with Gasteiger partial charge in [0.1, 0.15) is 0 Å². The van der Waals surface area contributed by atoms with Crippen molar-refractivity contribution < 1.29 is 4.79 Å².